The van der Waals surface area contributed by atoms with E-state index in [9.17, 15) is 4.79 Å². The van der Waals surface area contributed by atoms with Gasteiger partial charge in [0, 0.05) is 37.2 Å². The van der Waals surface area contributed by atoms with Gasteiger partial charge in [0.15, 0.2) is 0 Å². The van der Waals surface area contributed by atoms with Crippen molar-refractivity contribution in [3.8, 4) is 0 Å². The first-order chi connectivity index (χ1) is 12.0. The number of amides is 1. The van der Waals surface area contributed by atoms with Crippen molar-refractivity contribution < 1.29 is 4.79 Å². The van der Waals surface area contributed by atoms with E-state index in [1.165, 1.54) is 29.7 Å². The molecule has 1 saturated heterocycles. The van der Waals surface area contributed by atoms with Gasteiger partial charge < -0.3 is 15.1 Å². The molecule has 1 heterocycles. The fourth-order valence-electron chi connectivity index (χ4n) is 3.41. The number of nitrogens with one attached hydrogen (secondary N) is 1. The molecule has 0 unspecified atom stereocenters. The van der Waals surface area contributed by atoms with Crippen molar-refractivity contribution in [3.63, 3.8) is 0 Å². The van der Waals surface area contributed by atoms with Crippen LogP contribution in [0.5, 0.6) is 0 Å². The van der Waals surface area contributed by atoms with E-state index < -0.39 is 0 Å². The van der Waals surface area contributed by atoms with Crippen LogP contribution in [0, 0.1) is 13.8 Å². The van der Waals surface area contributed by atoms with Gasteiger partial charge >= 0.3 is 0 Å². The smallest absolute Gasteiger partial charge is 0.243 e. The summed E-state index contributed by atoms with van der Waals surface area (Å²) in [6, 6.07) is 14.5. The lowest BCUT2D eigenvalue weighted by molar-refractivity contribution is -0.114. The molecule has 0 aliphatic carbocycles. The maximum Gasteiger partial charge on any atom is 0.243 e. The number of hydrogen-bond acceptors (Lipinski definition) is 3. The minimum atomic E-state index is -0.00409. The van der Waals surface area contributed by atoms with Gasteiger partial charge in [-0.3, -0.25) is 4.79 Å². The number of likely N-dealkylation sites (N-methyl/N-ethyl adjacent to an activating group) is 1. The molecular formula is C21H27N3O. The maximum absolute atomic E-state index is 12.3. The molecule has 3 rings (SSSR count). The summed E-state index contributed by atoms with van der Waals surface area (Å²) in [6.07, 6.45) is 2.53. The van der Waals surface area contributed by atoms with Crippen LogP contribution >= 0.6 is 0 Å². The maximum atomic E-state index is 12.3. The lowest BCUT2D eigenvalue weighted by Gasteiger charge is -2.20. The molecule has 1 fully saturated rings. The monoisotopic (exact) mass is 337 g/mol. The quantitative estimate of drug-likeness (QED) is 0.896. The van der Waals surface area contributed by atoms with E-state index in [0.717, 1.165) is 24.5 Å². The molecule has 0 aromatic heterocycles. The first-order valence-electron chi connectivity index (χ1n) is 8.95. The van der Waals surface area contributed by atoms with Gasteiger partial charge in [0.05, 0.1) is 6.54 Å². The van der Waals surface area contributed by atoms with Gasteiger partial charge in [-0.25, -0.2) is 0 Å². The van der Waals surface area contributed by atoms with Crippen molar-refractivity contribution in [1.82, 2.24) is 0 Å². The first kappa shape index (κ1) is 17.3. The Hall–Kier alpha value is -2.49. The van der Waals surface area contributed by atoms with Crippen LogP contribution in [-0.2, 0) is 4.79 Å². The summed E-state index contributed by atoms with van der Waals surface area (Å²) in [5.41, 5.74) is 5.57. The standard InChI is InChI=1S/C21H27N3O/c1-16-12-17(2)14-20(13-16)23(3)15-21(25)22-18-6-8-19(9-7-18)24-10-4-5-11-24/h6-9,12-14H,4-5,10-11,15H2,1-3H3,(H,22,25). The van der Waals surface area contributed by atoms with Crippen LogP contribution in [0.1, 0.15) is 24.0 Å². The lowest BCUT2D eigenvalue weighted by Crippen LogP contribution is -2.30. The fourth-order valence-corrected chi connectivity index (χ4v) is 3.41. The molecule has 0 saturated carbocycles. The van der Waals surface area contributed by atoms with Crippen LogP contribution in [0.25, 0.3) is 0 Å². The molecule has 4 nitrogen and oxygen atoms in total. The molecule has 2 aromatic carbocycles. The van der Waals surface area contributed by atoms with Gasteiger partial charge in [0.25, 0.3) is 0 Å². The second-order valence-electron chi connectivity index (χ2n) is 6.99. The first-order valence-corrected chi connectivity index (χ1v) is 8.95. The van der Waals surface area contributed by atoms with E-state index in [2.05, 4.69) is 54.4 Å². The van der Waals surface area contributed by atoms with E-state index in [0.29, 0.717) is 6.54 Å². The van der Waals surface area contributed by atoms with Gasteiger partial charge in [0.2, 0.25) is 5.91 Å². The fraction of sp³-hybridized carbons (Fsp3) is 0.381. The Morgan fingerprint density at radius 1 is 1.04 bits per heavy atom. The summed E-state index contributed by atoms with van der Waals surface area (Å²) in [7, 11) is 1.95. The number of benzene rings is 2. The third kappa shape index (κ3) is 4.53. The highest BCUT2D eigenvalue weighted by Crippen LogP contribution is 2.22. The van der Waals surface area contributed by atoms with Crippen molar-refractivity contribution >= 4 is 23.0 Å². The third-order valence-corrected chi connectivity index (χ3v) is 4.65. The molecule has 1 amide bonds. The molecular weight excluding hydrogens is 310 g/mol. The van der Waals surface area contributed by atoms with Gasteiger partial charge in [-0.2, -0.15) is 0 Å². The molecule has 132 valence electrons. The highest BCUT2D eigenvalue weighted by molar-refractivity contribution is 5.94. The largest absolute Gasteiger partial charge is 0.372 e. The molecule has 0 radical (unpaired) electrons. The predicted octanol–water partition coefficient (Wildman–Crippen LogP) is 3.98. The van der Waals surface area contributed by atoms with Crippen molar-refractivity contribution in [2.24, 2.45) is 0 Å². The summed E-state index contributed by atoms with van der Waals surface area (Å²) in [5, 5.41) is 2.99. The number of anilines is 3. The number of nitrogens with zero attached hydrogens (tertiary/aromatic N) is 2. The Bertz CT molecular complexity index is 713. The Balaban J connectivity index is 1.58. The van der Waals surface area contributed by atoms with Crippen LogP contribution in [0.3, 0.4) is 0 Å². The molecule has 1 aliphatic rings. The summed E-state index contributed by atoms with van der Waals surface area (Å²) >= 11 is 0. The summed E-state index contributed by atoms with van der Waals surface area (Å²) in [6.45, 7) is 6.74. The van der Waals surface area contributed by atoms with Gasteiger partial charge in [-0.1, -0.05) is 6.07 Å². The van der Waals surface area contributed by atoms with Crippen molar-refractivity contribution in [3.05, 3.63) is 53.6 Å². The molecule has 1 N–H and O–H groups in total. The highest BCUT2D eigenvalue weighted by atomic mass is 16.2. The second kappa shape index (κ2) is 7.60. The number of rotatable bonds is 5. The van der Waals surface area contributed by atoms with E-state index in [1.807, 2.05) is 24.1 Å². The van der Waals surface area contributed by atoms with Crippen molar-refractivity contribution in [1.29, 1.82) is 0 Å². The van der Waals surface area contributed by atoms with Crippen molar-refractivity contribution in [2.45, 2.75) is 26.7 Å². The van der Waals surface area contributed by atoms with E-state index in [1.54, 1.807) is 0 Å². The second-order valence-corrected chi connectivity index (χ2v) is 6.99. The minimum absolute atomic E-state index is 0.00409. The van der Waals surface area contributed by atoms with Crippen LogP contribution < -0.4 is 15.1 Å². The zero-order valence-electron chi connectivity index (χ0n) is 15.4. The average molecular weight is 337 g/mol. The molecule has 0 spiro atoms. The van der Waals surface area contributed by atoms with E-state index >= 15 is 0 Å². The average Bonchev–Trinajstić information content (AvgIpc) is 3.09. The zero-order chi connectivity index (χ0) is 17.8. The number of hydrogen-bond donors (Lipinski definition) is 1. The Morgan fingerprint density at radius 3 is 2.24 bits per heavy atom. The Labute approximate surface area is 150 Å². The van der Waals surface area contributed by atoms with E-state index in [4.69, 9.17) is 0 Å². The van der Waals surface area contributed by atoms with Gasteiger partial charge in [0.1, 0.15) is 0 Å². The van der Waals surface area contributed by atoms with Crippen LogP contribution in [0.2, 0.25) is 0 Å². The normalized spacial score (nSPS) is 13.8. The van der Waals surface area contributed by atoms with Crippen LogP contribution in [0.4, 0.5) is 17.1 Å². The summed E-state index contributed by atoms with van der Waals surface area (Å²) in [5.74, 6) is -0.00409. The number of carbonyl (C=O) groups is 1. The zero-order valence-corrected chi connectivity index (χ0v) is 15.4. The number of carbonyl (C=O) groups excluding carboxylic acids is 1. The lowest BCUT2D eigenvalue weighted by atomic mass is 10.1. The predicted molar refractivity (Wildman–Crippen MR) is 106 cm³/mol. The third-order valence-electron chi connectivity index (χ3n) is 4.65. The topological polar surface area (TPSA) is 35.6 Å². The van der Waals surface area contributed by atoms with Crippen LogP contribution in [0.15, 0.2) is 42.5 Å². The van der Waals surface area contributed by atoms with E-state index in [-0.39, 0.29) is 5.91 Å². The molecule has 2 aromatic rings. The Morgan fingerprint density at radius 2 is 1.64 bits per heavy atom. The molecule has 4 heteroatoms. The van der Waals surface area contributed by atoms with Gasteiger partial charge in [-0.05, 0) is 74.2 Å². The molecule has 25 heavy (non-hydrogen) atoms. The minimum Gasteiger partial charge on any atom is -0.372 e. The van der Waals surface area contributed by atoms with Crippen LogP contribution in [-0.4, -0.2) is 32.6 Å². The SMILES string of the molecule is Cc1cc(C)cc(N(C)CC(=O)Nc2ccc(N3CCCC3)cc2)c1. The summed E-state index contributed by atoms with van der Waals surface area (Å²) < 4.78 is 0. The highest BCUT2D eigenvalue weighted by Gasteiger charge is 2.13. The van der Waals surface area contributed by atoms with Gasteiger partial charge in [-0.15, -0.1) is 0 Å². The molecule has 0 bridgehead atoms. The number of aryl methyl sites for hydroxylation is 2. The molecule has 0 atom stereocenters. The summed E-state index contributed by atoms with van der Waals surface area (Å²) in [4.78, 5) is 16.7. The van der Waals surface area contributed by atoms with Crippen molar-refractivity contribution in [2.75, 3.05) is 41.8 Å². The molecule has 1 aliphatic heterocycles. The Kier molecular flexibility index (Phi) is 5.27.